The van der Waals surface area contributed by atoms with Gasteiger partial charge in [0.05, 0.1) is 6.04 Å². The minimum atomic E-state index is -0.930. The maximum atomic E-state index is 13.6. The summed E-state index contributed by atoms with van der Waals surface area (Å²) in [6.07, 6.45) is 0.933. The molecule has 0 aliphatic heterocycles. The first-order chi connectivity index (χ1) is 10.0. The molecule has 21 heavy (non-hydrogen) atoms. The van der Waals surface area contributed by atoms with Crippen LogP contribution in [0.2, 0.25) is 5.02 Å². The van der Waals surface area contributed by atoms with Gasteiger partial charge in [-0.15, -0.1) is 0 Å². The van der Waals surface area contributed by atoms with Crippen LogP contribution in [-0.4, -0.2) is 6.54 Å². The lowest BCUT2D eigenvalue weighted by atomic mass is 9.98. The predicted octanol–water partition coefficient (Wildman–Crippen LogP) is 5.31. The zero-order valence-electron chi connectivity index (χ0n) is 11.5. The van der Waals surface area contributed by atoms with Gasteiger partial charge in [-0.2, -0.15) is 0 Å². The van der Waals surface area contributed by atoms with E-state index in [4.69, 9.17) is 11.6 Å². The Hall–Kier alpha value is -0.720. The quantitative estimate of drug-likeness (QED) is 0.509. The molecule has 0 radical (unpaired) electrons. The molecule has 2 aromatic carbocycles. The van der Waals surface area contributed by atoms with Gasteiger partial charge in [-0.3, -0.25) is 0 Å². The van der Waals surface area contributed by atoms with Gasteiger partial charge in [0.2, 0.25) is 0 Å². The molecule has 1 unspecified atom stereocenters. The Morgan fingerprint density at radius 3 is 2.38 bits per heavy atom. The SMILES string of the molecule is CCCNC(c1ccc(I)cc1)c1cc(F)c(F)cc1Cl. The average Bonchev–Trinajstić information content (AvgIpc) is 2.46. The molecule has 0 aliphatic rings. The van der Waals surface area contributed by atoms with E-state index < -0.39 is 11.6 Å². The van der Waals surface area contributed by atoms with Crippen molar-refractivity contribution in [2.75, 3.05) is 6.54 Å². The Bertz CT molecular complexity index is 616. The van der Waals surface area contributed by atoms with Crippen molar-refractivity contribution in [3.63, 3.8) is 0 Å². The highest BCUT2D eigenvalue weighted by molar-refractivity contribution is 14.1. The molecule has 5 heteroatoms. The second kappa shape index (κ2) is 7.51. The molecule has 2 rings (SSSR count). The minimum Gasteiger partial charge on any atom is -0.306 e. The van der Waals surface area contributed by atoms with Crippen LogP contribution >= 0.6 is 34.2 Å². The van der Waals surface area contributed by atoms with E-state index in [-0.39, 0.29) is 11.1 Å². The second-order valence-corrected chi connectivity index (χ2v) is 6.38. The minimum absolute atomic E-state index is 0.223. The van der Waals surface area contributed by atoms with E-state index in [0.717, 1.165) is 28.2 Å². The van der Waals surface area contributed by atoms with Gasteiger partial charge in [0.1, 0.15) is 0 Å². The molecule has 0 aliphatic carbocycles. The molecule has 0 heterocycles. The van der Waals surface area contributed by atoms with Gasteiger partial charge < -0.3 is 5.32 Å². The molecule has 112 valence electrons. The number of hydrogen-bond acceptors (Lipinski definition) is 1. The standard InChI is InChI=1S/C16H15ClF2IN/c1-2-7-21-16(10-3-5-11(20)6-4-10)12-8-14(18)15(19)9-13(12)17/h3-6,8-9,16,21H,2,7H2,1H3. The van der Waals surface area contributed by atoms with Crippen LogP contribution in [0.5, 0.6) is 0 Å². The molecule has 1 atom stereocenters. The Morgan fingerprint density at radius 2 is 1.76 bits per heavy atom. The highest BCUT2D eigenvalue weighted by Crippen LogP contribution is 2.30. The van der Waals surface area contributed by atoms with E-state index in [1.54, 1.807) is 0 Å². The van der Waals surface area contributed by atoms with Gasteiger partial charge in [-0.1, -0.05) is 30.7 Å². The number of rotatable bonds is 5. The lowest BCUT2D eigenvalue weighted by molar-refractivity contribution is 0.503. The molecular weight excluding hydrogens is 407 g/mol. The van der Waals surface area contributed by atoms with Crippen LogP contribution in [0.1, 0.15) is 30.5 Å². The van der Waals surface area contributed by atoms with Crippen LogP contribution < -0.4 is 5.32 Å². The summed E-state index contributed by atoms with van der Waals surface area (Å²) in [6, 6.07) is 9.82. The van der Waals surface area contributed by atoms with Crippen LogP contribution in [0.4, 0.5) is 8.78 Å². The van der Waals surface area contributed by atoms with Crippen molar-refractivity contribution in [1.29, 1.82) is 0 Å². The van der Waals surface area contributed by atoms with E-state index in [1.807, 2.05) is 31.2 Å². The largest absolute Gasteiger partial charge is 0.306 e. The van der Waals surface area contributed by atoms with Crippen molar-refractivity contribution >= 4 is 34.2 Å². The fraction of sp³-hybridized carbons (Fsp3) is 0.250. The highest BCUT2D eigenvalue weighted by atomic mass is 127. The van der Waals surface area contributed by atoms with E-state index in [2.05, 4.69) is 27.9 Å². The molecular formula is C16H15ClF2IN. The van der Waals surface area contributed by atoms with Gasteiger partial charge in [0, 0.05) is 8.59 Å². The zero-order chi connectivity index (χ0) is 15.4. The smallest absolute Gasteiger partial charge is 0.160 e. The van der Waals surface area contributed by atoms with Gasteiger partial charge >= 0.3 is 0 Å². The van der Waals surface area contributed by atoms with Crippen LogP contribution in [0, 0.1) is 15.2 Å². The molecule has 1 N–H and O–H groups in total. The summed E-state index contributed by atoms with van der Waals surface area (Å²) in [6.45, 7) is 2.80. The fourth-order valence-corrected chi connectivity index (χ4v) is 2.73. The summed E-state index contributed by atoms with van der Waals surface area (Å²) in [5.74, 6) is -1.82. The number of benzene rings is 2. The van der Waals surface area contributed by atoms with Crippen molar-refractivity contribution in [3.8, 4) is 0 Å². The van der Waals surface area contributed by atoms with Crippen LogP contribution in [0.3, 0.4) is 0 Å². The van der Waals surface area contributed by atoms with Gasteiger partial charge in [0.25, 0.3) is 0 Å². The first kappa shape index (κ1) is 16.6. The fourth-order valence-electron chi connectivity index (χ4n) is 2.11. The van der Waals surface area contributed by atoms with E-state index in [1.165, 1.54) is 6.07 Å². The highest BCUT2D eigenvalue weighted by Gasteiger charge is 2.19. The monoisotopic (exact) mass is 421 g/mol. The zero-order valence-corrected chi connectivity index (χ0v) is 14.4. The van der Waals surface area contributed by atoms with Crippen LogP contribution in [-0.2, 0) is 0 Å². The van der Waals surface area contributed by atoms with Crippen molar-refractivity contribution < 1.29 is 8.78 Å². The summed E-state index contributed by atoms with van der Waals surface area (Å²) in [5, 5.41) is 3.56. The summed E-state index contributed by atoms with van der Waals surface area (Å²) < 4.78 is 27.9. The number of hydrogen-bond donors (Lipinski definition) is 1. The van der Waals surface area contributed by atoms with Crippen molar-refractivity contribution in [1.82, 2.24) is 5.32 Å². The molecule has 2 aromatic rings. The molecule has 0 bridgehead atoms. The van der Waals surface area contributed by atoms with E-state index in [9.17, 15) is 8.78 Å². The van der Waals surface area contributed by atoms with E-state index in [0.29, 0.717) is 5.56 Å². The summed E-state index contributed by atoms with van der Waals surface area (Å²) in [4.78, 5) is 0. The maximum absolute atomic E-state index is 13.6. The summed E-state index contributed by atoms with van der Waals surface area (Å²) in [7, 11) is 0. The molecule has 0 spiro atoms. The molecule has 0 saturated heterocycles. The Kier molecular flexibility index (Phi) is 5.96. The molecule has 0 saturated carbocycles. The third-order valence-corrected chi connectivity index (χ3v) is 4.20. The van der Waals surface area contributed by atoms with Gasteiger partial charge in [0.15, 0.2) is 11.6 Å². The van der Waals surface area contributed by atoms with Gasteiger partial charge in [-0.05, 0) is 70.9 Å². The van der Waals surface area contributed by atoms with Crippen LogP contribution in [0.25, 0.3) is 0 Å². The lowest BCUT2D eigenvalue weighted by Gasteiger charge is -2.21. The number of nitrogens with one attached hydrogen (secondary N) is 1. The van der Waals surface area contributed by atoms with Crippen LogP contribution in [0.15, 0.2) is 36.4 Å². The Balaban J connectivity index is 2.45. The molecule has 0 amide bonds. The topological polar surface area (TPSA) is 12.0 Å². The third kappa shape index (κ3) is 4.14. The number of halogens is 4. The predicted molar refractivity (Wildman–Crippen MR) is 90.7 cm³/mol. The Labute approximate surface area is 141 Å². The summed E-state index contributed by atoms with van der Waals surface area (Å²) >= 11 is 8.33. The van der Waals surface area contributed by atoms with Crippen molar-refractivity contribution in [2.45, 2.75) is 19.4 Å². The Morgan fingerprint density at radius 1 is 1.14 bits per heavy atom. The van der Waals surface area contributed by atoms with Gasteiger partial charge in [-0.25, -0.2) is 8.78 Å². The first-order valence-corrected chi connectivity index (χ1v) is 8.12. The molecule has 1 nitrogen and oxygen atoms in total. The normalized spacial score (nSPS) is 12.4. The van der Waals surface area contributed by atoms with Crippen molar-refractivity contribution in [3.05, 3.63) is 67.8 Å². The second-order valence-electron chi connectivity index (χ2n) is 4.73. The summed E-state index contributed by atoms with van der Waals surface area (Å²) in [5.41, 5.74) is 1.52. The average molecular weight is 422 g/mol. The molecule has 0 aromatic heterocycles. The maximum Gasteiger partial charge on any atom is 0.160 e. The van der Waals surface area contributed by atoms with E-state index >= 15 is 0 Å². The third-order valence-electron chi connectivity index (χ3n) is 3.15. The lowest BCUT2D eigenvalue weighted by Crippen LogP contribution is -2.23. The van der Waals surface area contributed by atoms with Crippen molar-refractivity contribution in [2.24, 2.45) is 0 Å². The first-order valence-electron chi connectivity index (χ1n) is 6.66. The molecule has 0 fully saturated rings.